The summed E-state index contributed by atoms with van der Waals surface area (Å²) < 4.78 is 21.7. The molecular weight excluding hydrogens is 665 g/mol. The van der Waals surface area contributed by atoms with Crippen molar-refractivity contribution in [3.8, 4) is 33.6 Å². The molecule has 40 heavy (non-hydrogen) atoms. The van der Waals surface area contributed by atoms with Crippen molar-refractivity contribution in [1.29, 1.82) is 0 Å². The Morgan fingerprint density at radius 3 is 2.10 bits per heavy atom. The molecule has 3 heteroatoms. The first-order chi connectivity index (χ1) is 20.5. The predicted octanol–water partition coefficient (Wildman–Crippen LogP) is 9.38. The van der Waals surface area contributed by atoms with Gasteiger partial charge in [-0.05, 0) is 63.0 Å². The van der Waals surface area contributed by atoms with Crippen LogP contribution in [0.3, 0.4) is 0 Å². The normalized spacial score (nSPS) is 11.8. The van der Waals surface area contributed by atoms with Crippen LogP contribution in [0.15, 0.2) is 140 Å². The molecule has 7 rings (SSSR count). The zero-order valence-corrected chi connectivity index (χ0v) is 23.9. The Bertz CT molecular complexity index is 1960. The van der Waals surface area contributed by atoms with E-state index in [0.29, 0.717) is 0 Å². The fraction of sp³-hybridized carbons (Fsp3) is 0.0270. The number of aryl methyl sites for hydroxylation is 1. The summed E-state index contributed by atoms with van der Waals surface area (Å²) in [6.45, 7) is -2.09. The summed E-state index contributed by atoms with van der Waals surface area (Å²) in [4.78, 5) is 8.59. The van der Waals surface area contributed by atoms with Crippen molar-refractivity contribution in [3.05, 3.63) is 157 Å². The van der Waals surface area contributed by atoms with Gasteiger partial charge in [0.2, 0.25) is 0 Å². The average Bonchev–Trinajstić information content (AvgIpc) is 3.05. The van der Waals surface area contributed by atoms with E-state index in [9.17, 15) is 0 Å². The predicted molar refractivity (Wildman–Crippen MR) is 162 cm³/mol. The summed E-state index contributed by atoms with van der Waals surface area (Å²) in [7, 11) is 0. The molecule has 0 atom stereocenters. The Morgan fingerprint density at radius 2 is 1.35 bits per heavy atom. The van der Waals surface area contributed by atoms with Crippen LogP contribution in [0, 0.1) is 19.0 Å². The fourth-order valence-electron chi connectivity index (χ4n) is 4.70. The fourth-order valence-corrected chi connectivity index (χ4v) is 4.70. The van der Waals surface area contributed by atoms with Gasteiger partial charge in [-0.1, -0.05) is 72.8 Å². The number of rotatable bonds is 3. The standard InChI is InChI=1S/C25H16N.C12H10N.Ir/c1-2-11-21-19(8-1)17-24(23-13-4-3-12-22(21)23)18-9-7-10-20(16-18)25-14-5-6-15-26-25;1-10-7-8-12(13-9-10)11-5-3-2-4-6-11;/h1-9,11-17H;2-5,7-9H,1H3;/q2*-1;/i;1D3;. The maximum absolute atomic E-state index is 7.23. The van der Waals surface area contributed by atoms with Gasteiger partial charge in [-0.2, -0.15) is 0 Å². The second-order valence-electron chi connectivity index (χ2n) is 9.11. The van der Waals surface area contributed by atoms with Gasteiger partial charge in [0.15, 0.2) is 0 Å². The van der Waals surface area contributed by atoms with E-state index < -0.39 is 6.85 Å². The van der Waals surface area contributed by atoms with Crippen molar-refractivity contribution in [3.63, 3.8) is 0 Å². The molecule has 0 saturated carbocycles. The number of fused-ring (bicyclic) bond motifs is 3. The van der Waals surface area contributed by atoms with Crippen molar-refractivity contribution in [2.75, 3.05) is 0 Å². The molecule has 1 radical (unpaired) electrons. The van der Waals surface area contributed by atoms with E-state index in [1.807, 2.05) is 48.7 Å². The summed E-state index contributed by atoms with van der Waals surface area (Å²) in [5.41, 5.74) is 6.23. The van der Waals surface area contributed by atoms with Crippen molar-refractivity contribution in [2.45, 2.75) is 6.85 Å². The van der Waals surface area contributed by atoms with E-state index >= 15 is 0 Å². The molecule has 0 N–H and O–H groups in total. The summed E-state index contributed by atoms with van der Waals surface area (Å²) in [6.07, 6.45) is 3.21. The molecule has 0 aliphatic rings. The first-order valence-corrected chi connectivity index (χ1v) is 12.7. The number of pyridine rings is 2. The van der Waals surface area contributed by atoms with Crippen LogP contribution in [-0.2, 0) is 20.1 Å². The van der Waals surface area contributed by atoms with E-state index in [0.717, 1.165) is 22.5 Å². The number of aromatic nitrogens is 2. The van der Waals surface area contributed by atoms with Gasteiger partial charge < -0.3 is 9.97 Å². The molecule has 0 aliphatic carbocycles. The maximum atomic E-state index is 7.23. The van der Waals surface area contributed by atoms with Gasteiger partial charge in [-0.25, -0.2) is 0 Å². The summed E-state index contributed by atoms with van der Waals surface area (Å²) in [5, 5.41) is 5.10. The third-order valence-corrected chi connectivity index (χ3v) is 6.57. The van der Waals surface area contributed by atoms with Crippen LogP contribution in [0.4, 0.5) is 0 Å². The van der Waals surface area contributed by atoms with Crippen LogP contribution in [-0.4, -0.2) is 9.97 Å². The third-order valence-electron chi connectivity index (χ3n) is 6.57. The van der Waals surface area contributed by atoms with Crippen LogP contribution >= 0.6 is 0 Å². The molecule has 0 saturated heterocycles. The van der Waals surface area contributed by atoms with Gasteiger partial charge in [-0.15, -0.1) is 71.3 Å². The van der Waals surface area contributed by atoms with E-state index in [4.69, 9.17) is 4.11 Å². The molecule has 195 valence electrons. The first kappa shape index (κ1) is 23.5. The molecular formula is C37H26IrN2-2. The quantitative estimate of drug-likeness (QED) is 0.136. The monoisotopic (exact) mass is 694 g/mol. The summed E-state index contributed by atoms with van der Waals surface area (Å²) in [6, 6.07) is 48.8. The number of nitrogens with zero attached hydrogens (tertiary/aromatic N) is 2. The maximum Gasteiger partial charge on any atom is 0.0280 e. The zero-order valence-electron chi connectivity index (χ0n) is 24.5. The Hall–Kier alpha value is -4.43. The van der Waals surface area contributed by atoms with Crippen LogP contribution in [0.5, 0.6) is 0 Å². The molecule has 0 amide bonds. The molecule has 0 bridgehead atoms. The molecule has 2 heterocycles. The number of hydrogen-bond donors (Lipinski definition) is 0. The van der Waals surface area contributed by atoms with Crippen LogP contribution in [0.25, 0.3) is 55.2 Å². The molecule has 0 fully saturated rings. The van der Waals surface area contributed by atoms with E-state index in [1.54, 1.807) is 18.2 Å². The topological polar surface area (TPSA) is 25.8 Å². The molecule has 0 spiro atoms. The smallest absolute Gasteiger partial charge is 0.0280 e. The molecule has 2 nitrogen and oxygen atoms in total. The van der Waals surface area contributed by atoms with E-state index in [2.05, 4.69) is 88.8 Å². The van der Waals surface area contributed by atoms with Gasteiger partial charge >= 0.3 is 0 Å². The van der Waals surface area contributed by atoms with Crippen LogP contribution in [0.1, 0.15) is 9.68 Å². The average molecular weight is 694 g/mol. The Morgan fingerprint density at radius 1 is 0.600 bits per heavy atom. The van der Waals surface area contributed by atoms with Gasteiger partial charge in [0.05, 0.1) is 0 Å². The van der Waals surface area contributed by atoms with Crippen molar-refractivity contribution in [2.24, 2.45) is 0 Å². The van der Waals surface area contributed by atoms with Gasteiger partial charge in [0.1, 0.15) is 0 Å². The summed E-state index contributed by atoms with van der Waals surface area (Å²) in [5.74, 6) is 0. The first-order valence-electron chi connectivity index (χ1n) is 14.2. The molecule has 2 aromatic heterocycles. The number of benzene rings is 5. The SMILES string of the molecule is [2H]C([2H])([2H])c1ccc(-c2[c-]cccc2)nc1.[Ir].[c-]1ccc(-c2cc3ccccc3c3ccccc23)cc1-c1ccccn1. The van der Waals surface area contributed by atoms with Crippen LogP contribution < -0.4 is 0 Å². The van der Waals surface area contributed by atoms with Crippen molar-refractivity contribution >= 4 is 21.5 Å². The molecule has 5 aromatic carbocycles. The largest absolute Gasteiger partial charge is 0.305 e. The minimum atomic E-state index is -2.09. The second kappa shape index (κ2) is 12.6. The third kappa shape index (κ3) is 5.92. The second-order valence-corrected chi connectivity index (χ2v) is 9.11. The Labute approximate surface area is 253 Å². The minimum Gasteiger partial charge on any atom is -0.305 e. The molecule has 0 unspecified atom stereocenters. The van der Waals surface area contributed by atoms with Gasteiger partial charge in [0, 0.05) is 36.6 Å². The van der Waals surface area contributed by atoms with Crippen molar-refractivity contribution in [1.82, 2.24) is 9.97 Å². The number of hydrogen-bond acceptors (Lipinski definition) is 2. The minimum absolute atomic E-state index is 0. The van der Waals surface area contributed by atoms with E-state index in [-0.39, 0.29) is 25.7 Å². The van der Waals surface area contributed by atoms with Crippen LogP contribution in [0.2, 0.25) is 0 Å². The Balaban J connectivity index is 0.000000188. The Kier molecular flexibility index (Phi) is 7.40. The van der Waals surface area contributed by atoms with Gasteiger partial charge in [0.25, 0.3) is 0 Å². The molecule has 0 aliphatic heterocycles. The summed E-state index contributed by atoms with van der Waals surface area (Å²) >= 11 is 0. The van der Waals surface area contributed by atoms with Crippen molar-refractivity contribution < 1.29 is 24.2 Å². The molecule has 7 aromatic rings. The van der Waals surface area contributed by atoms with E-state index in [1.165, 1.54) is 38.9 Å². The zero-order chi connectivity index (χ0) is 28.9. The van der Waals surface area contributed by atoms with Gasteiger partial charge in [-0.3, -0.25) is 0 Å².